The topological polar surface area (TPSA) is 67.8 Å². The van der Waals surface area contributed by atoms with Crippen LogP contribution in [0.2, 0.25) is 0 Å². The van der Waals surface area contributed by atoms with Crippen molar-refractivity contribution in [2.24, 2.45) is 0 Å². The van der Waals surface area contributed by atoms with Crippen LogP contribution in [0.1, 0.15) is 23.1 Å². The van der Waals surface area contributed by atoms with Crippen molar-refractivity contribution in [3.63, 3.8) is 0 Å². The third-order valence-corrected chi connectivity index (χ3v) is 2.33. The Morgan fingerprint density at radius 1 is 1.56 bits per heavy atom. The van der Waals surface area contributed by atoms with Gasteiger partial charge >= 0.3 is 0 Å². The molecule has 5 heteroatoms. The van der Waals surface area contributed by atoms with Crippen molar-refractivity contribution < 1.29 is 4.79 Å². The van der Waals surface area contributed by atoms with Gasteiger partial charge in [0.25, 0.3) is 0 Å². The van der Waals surface area contributed by atoms with E-state index in [1.165, 1.54) is 18.5 Å². The summed E-state index contributed by atoms with van der Waals surface area (Å²) >= 11 is 0. The fourth-order valence-electron chi connectivity index (χ4n) is 1.49. The van der Waals surface area contributed by atoms with Crippen LogP contribution in [0.15, 0.2) is 35.6 Å². The SMILES string of the molecule is CCn1ccnc1C(=O)c1c[nH]ccc1=O. The van der Waals surface area contributed by atoms with E-state index in [0.717, 1.165) is 0 Å². The van der Waals surface area contributed by atoms with Crippen LogP contribution in [0.5, 0.6) is 0 Å². The fraction of sp³-hybridized carbons (Fsp3) is 0.182. The maximum absolute atomic E-state index is 12.0. The van der Waals surface area contributed by atoms with Crippen molar-refractivity contribution in [1.29, 1.82) is 0 Å². The van der Waals surface area contributed by atoms with Crippen molar-refractivity contribution in [3.05, 3.63) is 52.5 Å². The summed E-state index contributed by atoms with van der Waals surface area (Å²) in [6, 6.07) is 1.33. The van der Waals surface area contributed by atoms with E-state index in [9.17, 15) is 9.59 Å². The van der Waals surface area contributed by atoms with Gasteiger partial charge in [0.15, 0.2) is 11.3 Å². The first-order valence-corrected chi connectivity index (χ1v) is 4.97. The highest BCUT2D eigenvalue weighted by molar-refractivity contribution is 6.06. The summed E-state index contributed by atoms with van der Waals surface area (Å²) in [5.74, 6) is -0.0621. The first-order valence-electron chi connectivity index (χ1n) is 4.97. The third kappa shape index (κ3) is 1.67. The Morgan fingerprint density at radius 2 is 2.38 bits per heavy atom. The summed E-state index contributed by atoms with van der Waals surface area (Å²) in [7, 11) is 0. The normalized spacial score (nSPS) is 10.3. The van der Waals surface area contributed by atoms with Crippen LogP contribution in [-0.4, -0.2) is 20.3 Å². The summed E-state index contributed by atoms with van der Waals surface area (Å²) < 4.78 is 1.70. The van der Waals surface area contributed by atoms with E-state index in [4.69, 9.17) is 0 Å². The Bertz CT molecular complexity index is 568. The largest absolute Gasteiger partial charge is 0.367 e. The van der Waals surface area contributed by atoms with Crippen LogP contribution in [0.3, 0.4) is 0 Å². The van der Waals surface area contributed by atoms with Crippen LogP contribution in [0.25, 0.3) is 0 Å². The first-order chi connectivity index (χ1) is 7.74. The number of imidazole rings is 1. The molecule has 0 amide bonds. The lowest BCUT2D eigenvalue weighted by Crippen LogP contribution is -2.18. The number of nitrogens with zero attached hydrogens (tertiary/aromatic N) is 2. The second-order valence-corrected chi connectivity index (χ2v) is 3.29. The molecule has 0 aromatic carbocycles. The van der Waals surface area contributed by atoms with Crippen molar-refractivity contribution in [1.82, 2.24) is 14.5 Å². The van der Waals surface area contributed by atoms with Crippen LogP contribution in [0.4, 0.5) is 0 Å². The van der Waals surface area contributed by atoms with Gasteiger partial charge in [-0.15, -0.1) is 0 Å². The third-order valence-electron chi connectivity index (χ3n) is 2.33. The molecule has 0 radical (unpaired) electrons. The lowest BCUT2D eigenvalue weighted by Gasteiger charge is -2.02. The van der Waals surface area contributed by atoms with Crippen molar-refractivity contribution >= 4 is 5.78 Å². The van der Waals surface area contributed by atoms with E-state index < -0.39 is 0 Å². The van der Waals surface area contributed by atoms with Crippen LogP contribution in [0, 0.1) is 0 Å². The Labute approximate surface area is 91.8 Å². The molecule has 0 bridgehead atoms. The molecule has 2 heterocycles. The number of rotatable bonds is 3. The van der Waals surface area contributed by atoms with Gasteiger partial charge in [-0.1, -0.05) is 0 Å². The highest BCUT2D eigenvalue weighted by Crippen LogP contribution is 2.03. The molecule has 0 aliphatic rings. The Morgan fingerprint density at radius 3 is 3.06 bits per heavy atom. The molecule has 0 aliphatic carbocycles. The van der Waals surface area contributed by atoms with Gasteiger partial charge in [-0.3, -0.25) is 9.59 Å². The minimum Gasteiger partial charge on any atom is -0.367 e. The lowest BCUT2D eigenvalue weighted by atomic mass is 10.2. The number of carbonyl (C=O) groups excluding carboxylic acids is 1. The number of nitrogens with one attached hydrogen (secondary N) is 1. The molecule has 1 N–H and O–H groups in total. The van der Waals surface area contributed by atoms with Crippen LogP contribution >= 0.6 is 0 Å². The second kappa shape index (κ2) is 4.14. The second-order valence-electron chi connectivity index (χ2n) is 3.29. The molecule has 2 aromatic rings. The number of H-pyrrole nitrogens is 1. The quantitative estimate of drug-likeness (QED) is 0.774. The van der Waals surface area contributed by atoms with Crippen LogP contribution < -0.4 is 5.43 Å². The van der Waals surface area contributed by atoms with E-state index in [1.54, 1.807) is 17.0 Å². The molecular weight excluding hydrogens is 206 g/mol. The summed E-state index contributed by atoms with van der Waals surface area (Å²) in [4.78, 5) is 30.2. The number of carbonyl (C=O) groups is 1. The van der Waals surface area contributed by atoms with Gasteiger partial charge < -0.3 is 9.55 Å². The predicted octanol–water partition coefficient (Wildman–Crippen LogP) is 0.822. The van der Waals surface area contributed by atoms with E-state index in [-0.39, 0.29) is 16.8 Å². The van der Waals surface area contributed by atoms with Gasteiger partial charge in [0.2, 0.25) is 5.78 Å². The smallest absolute Gasteiger partial charge is 0.233 e. The van der Waals surface area contributed by atoms with E-state index in [1.807, 2.05) is 6.92 Å². The monoisotopic (exact) mass is 217 g/mol. The maximum Gasteiger partial charge on any atom is 0.233 e. The Balaban J connectivity index is 2.48. The number of aromatic nitrogens is 3. The van der Waals surface area contributed by atoms with Gasteiger partial charge in [0.1, 0.15) is 0 Å². The summed E-state index contributed by atoms with van der Waals surface area (Å²) in [5, 5.41) is 0. The highest BCUT2D eigenvalue weighted by atomic mass is 16.1. The molecule has 0 aliphatic heterocycles. The number of aromatic amines is 1. The van der Waals surface area contributed by atoms with Crippen molar-refractivity contribution in [2.45, 2.75) is 13.5 Å². The molecule has 0 saturated carbocycles. The molecule has 2 aromatic heterocycles. The van der Waals surface area contributed by atoms with E-state index in [0.29, 0.717) is 12.4 Å². The van der Waals surface area contributed by atoms with E-state index in [2.05, 4.69) is 9.97 Å². The standard InChI is InChI=1S/C11H11N3O2/c1-2-14-6-5-13-11(14)10(16)8-7-12-4-3-9(8)15/h3-7H,2H2,1H3,(H,12,15). The summed E-state index contributed by atoms with van der Waals surface area (Å²) in [6.45, 7) is 2.56. The maximum atomic E-state index is 12.0. The number of hydrogen-bond donors (Lipinski definition) is 1. The number of pyridine rings is 1. The minimum absolute atomic E-state index is 0.114. The van der Waals surface area contributed by atoms with Crippen molar-refractivity contribution in [2.75, 3.05) is 0 Å². The predicted molar refractivity (Wildman–Crippen MR) is 58.4 cm³/mol. The lowest BCUT2D eigenvalue weighted by molar-refractivity contribution is 0.102. The number of hydrogen-bond acceptors (Lipinski definition) is 3. The minimum atomic E-state index is -0.353. The molecule has 0 fully saturated rings. The molecule has 0 atom stereocenters. The molecule has 2 rings (SSSR count). The van der Waals surface area contributed by atoms with Gasteiger partial charge in [-0.05, 0) is 6.92 Å². The fourth-order valence-corrected chi connectivity index (χ4v) is 1.49. The Hall–Kier alpha value is -2.17. The zero-order valence-electron chi connectivity index (χ0n) is 8.80. The number of aryl methyl sites for hydroxylation is 1. The molecular formula is C11H11N3O2. The van der Waals surface area contributed by atoms with E-state index >= 15 is 0 Å². The summed E-state index contributed by atoms with van der Waals surface area (Å²) in [6.07, 6.45) is 6.16. The average Bonchev–Trinajstić information content (AvgIpc) is 2.77. The van der Waals surface area contributed by atoms with Gasteiger partial charge in [0, 0.05) is 37.4 Å². The number of ketones is 1. The van der Waals surface area contributed by atoms with Gasteiger partial charge in [-0.25, -0.2) is 4.98 Å². The van der Waals surface area contributed by atoms with Crippen LogP contribution in [-0.2, 0) is 6.54 Å². The molecule has 5 nitrogen and oxygen atoms in total. The summed E-state index contributed by atoms with van der Waals surface area (Å²) in [5.41, 5.74) is -0.183. The molecule has 82 valence electrons. The molecule has 16 heavy (non-hydrogen) atoms. The Kier molecular flexibility index (Phi) is 2.68. The van der Waals surface area contributed by atoms with Gasteiger partial charge in [0.05, 0.1) is 5.56 Å². The van der Waals surface area contributed by atoms with Gasteiger partial charge in [-0.2, -0.15) is 0 Å². The molecule has 0 spiro atoms. The molecule has 0 unspecified atom stereocenters. The molecule has 0 saturated heterocycles. The first kappa shape index (κ1) is 10.4. The highest BCUT2D eigenvalue weighted by Gasteiger charge is 2.16. The zero-order chi connectivity index (χ0) is 11.5. The zero-order valence-corrected chi connectivity index (χ0v) is 8.80. The van der Waals surface area contributed by atoms with Crippen molar-refractivity contribution in [3.8, 4) is 0 Å². The average molecular weight is 217 g/mol.